The molecule has 0 bridgehead atoms. The van der Waals surface area contributed by atoms with Crippen molar-refractivity contribution in [1.29, 1.82) is 0 Å². The molecule has 1 saturated heterocycles. The lowest BCUT2D eigenvalue weighted by Gasteiger charge is -2.36. The third kappa shape index (κ3) is 5.51. The Morgan fingerprint density at radius 2 is 1.54 bits per heavy atom. The molecule has 1 aliphatic heterocycles. The van der Waals surface area contributed by atoms with Crippen molar-refractivity contribution in [2.45, 2.75) is 37.6 Å². The van der Waals surface area contributed by atoms with E-state index >= 15 is 0 Å². The third-order valence-corrected chi connectivity index (χ3v) is 8.86. The number of anilines is 2. The first-order chi connectivity index (χ1) is 18.0. The van der Waals surface area contributed by atoms with Crippen LogP contribution in [-0.4, -0.2) is 53.8 Å². The SMILES string of the molecule is CCCc1ccc(S(=O)(=O)N2CCN([C@@H](C)c3nc(Nc4ccccc4)c4ccccc4n3)CC2)cc1. The average Bonchev–Trinajstić information content (AvgIpc) is 2.94. The van der Waals surface area contributed by atoms with E-state index in [0.29, 0.717) is 31.1 Å². The van der Waals surface area contributed by atoms with Crippen molar-refractivity contribution in [3.8, 4) is 0 Å². The predicted molar refractivity (Wildman–Crippen MR) is 148 cm³/mol. The lowest BCUT2D eigenvalue weighted by Crippen LogP contribution is -2.49. The minimum absolute atomic E-state index is 0.0564. The van der Waals surface area contributed by atoms with Crippen LogP contribution in [0.25, 0.3) is 10.9 Å². The van der Waals surface area contributed by atoms with Gasteiger partial charge in [0.2, 0.25) is 10.0 Å². The van der Waals surface area contributed by atoms with Gasteiger partial charge in [0.25, 0.3) is 0 Å². The van der Waals surface area contributed by atoms with Crippen LogP contribution in [0.4, 0.5) is 11.5 Å². The summed E-state index contributed by atoms with van der Waals surface area (Å²) in [6.07, 6.45) is 1.99. The molecule has 1 fully saturated rings. The Morgan fingerprint density at radius 3 is 2.24 bits per heavy atom. The Hall–Kier alpha value is -3.33. The van der Waals surface area contributed by atoms with Crippen LogP contribution in [0, 0.1) is 0 Å². The van der Waals surface area contributed by atoms with Gasteiger partial charge in [-0.1, -0.05) is 55.8 Å². The van der Waals surface area contributed by atoms with Gasteiger partial charge in [0, 0.05) is 37.3 Å². The summed E-state index contributed by atoms with van der Waals surface area (Å²) >= 11 is 0. The van der Waals surface area contributed by atoms with E-state index in [9.17, 15) is 8.42 Å². The minimum Gasteiger partial charge on any atom is -0.340 e. The molecule has 1 aromatic heterocycles. The van der Waals surface area contributed by atoms with Crippen molar-refractivity contribution in [2.75, 3.05) is 31.5 Å². The van der Waals surface area contributed by atoms with Gasteiger partial charge in [-0.25, -0.2) is 18.4 Å². The third-order valence-electron chi connectivity index (χ3n) is 6.95. The van der Waals surface area contributed by atoms with Crippen LogP contribution in [0.15, 0.2) is 83.8 Å². The number of fused-ring (bicyclic) bond motifs is 1. The molecule has 192 valence electrons. The molecule has 0 unspecified atom stereocenters. The van der Waals surface area contributed by atoms with Gasteiger partial charge >= 0.3 is 0 Å². The van der Waals surface area contributed by atoms with Gasteiger partial charge in [0.05, 0.1) is 16.5 Å². The largest absolute Gasteiger partial charge is 0.340 e. The molecular weight excluding hydrogens is 482 g/mol. The molecule has 3 aromatic carbocycles. The Balaban J connectivity index is 1.32. The van der Waals surface area contributed by atoms with E-state index in [1.54, 1.807) is 16.4 Å². The smallest absolute Gasteiger partial charge is 0.243 e. The molecule has 0 amide bonds. The van der Waals surface area contributed by atoms with Gasteiger partial charge < -0.3 is 5.32 Å². The van der Waals surface area contributed by atoms with Gasteiger partial charge in [-0.3, -0.25) is 4.90 Å². The van der Waals surface area contributed by atoms with Crippen LogP contribution in [0.5, 0.6) is 0 Å². The van der Waals surface area contributed by atoms with Crippen LogP contribution in [0.1, 0.15) is 37.7 Å². The molecule has 5 rings (SSSR count). The Labute approximate surface area is 219 Å². The number of nitrogens with one attached hydrogen (secondary N) is 1. The van der Waals surface area contributed by atoms with E-state index in [2.05, 4.69) is 24.1 Å². The molecule has 7 nitrogen and oxygen atoms in total. The lowest BCUT2D eigenvalue weighted by atomic mass is 10.1. The topological polar surface area (TPSA) is 78.4 Å². The number of sulfonamides is 1. The number of nitrogens with zero attached hydrogens (tertiary/aromatic N) is 4. The summed E-state index contributed by atoms with van der Waals surface area (Å²) in [4.78, 5) is 12.4. The van der Waals surface area contributed by atoms with Gasteiger partial charge in [0.1, 0.15) is 11.6 Å². The monoisotopic (exact) mass is 515 g/mol. The highest BCUT2D eigenvalue weighted by Crippen LogP contribution is 2.28. The Bertz CT molecular complexity index is 1450. The summed E-state index contributed by atoms with van der Waals surface area (Å²) in [7, 11) is -3.51. The fourth-order valence-electron chi connectivity index (χ4n) is 4.80. The molecule has 0 spiro atoms. The summed E-state index contributed by atoms with van der Waals surface area (Å²) in [5, 5.41) is 4.41. The van der Waals surface area contributed by atoms with Gasteiger partial charge in [0.15, 0.2) is 0 Å². The van der Waals surface area contributed by atoms with Crippen LogP contribution < -0.4 is 5.32 Å². The van der Waals surface area contributed by atoms with Crippen LogP contribution in [-0.2, 0) is 16.4 Å². The van der Waals surface area contributed by atoms with Crippen molar-refractivity contribution in [1.82, 2.24) is 19.2 Å². The zero-order valence-corrected chi connectivity index (χ0v) is 22.2. The fourth-order valence-corrected chi connectivity index (χ4v) is 6.22. The molecule has 2 heterocycles. The second-order valence-corrected chi connectivity index (χ2v) is 11.4. The number of rotatable bonds is 8. The second-order valence-electron chi connectivity index (χ2n) is 9.45. The highest BCUT2D eigenvalue weighted by atomic mass is 32.2. The number of hydrogen-bond acceptors (Lipinski definition) is 6. The van der Waals surface area contributed by atoms with Crippen molar-refractivity contribution in [3.63, 3.8) is 0 Å². The maximum atomic E-state index is 13.2. The maximum Gasteiger partial charge on any atom is 0.243 e. The van der Waals surface area contributed by atoms with E-state index in [4.69, 9.17) is 9.97 Å². The predicted octanol–water partition coefficient (Wildman–Crippen LogP) is 5.39. The van der Waals surface area contributed by atoms with Gasteiger partial charge in [-0.15, -0.1) is 0 Å². The number of aromatic nitrogens is 2. The van der Waals surface area contributed by atoms with E-state index in [0.717, 1.165) is 46.6 Å². The minimum atomic E-state index is -3.51. The quantitative estimate of drug-likeness (QED) is 0.339. The molecule has 8 heteroatoms. The van der Waals surface area contributed by atoms with Gasteiger partial charge in [-0.2, -0.15) is 4.31 Å². The summed E-state index contributed by atoms with van der Waals surface area (Å²) in [6, 6.07) is 25.2. The van der Waals surface area contributed by atoms with Crippen molar-refractivity contribution < 1.29 is 8.42 Å². The van der Waals surface area contributed by atoms with Crippen molar-refractivity contribution in [2.24, 2.45) is 0 Å². The lowest BCUT2D eigenvalue weighted by molar-refractivity contribution is 0.141. The molecule has 37 heavy (non-hydrogen) atoms. The van der Waals surface area contributed by atoms with E-state index in [1.165, 1.54) is 0 Å². The molecule has 0 saturated carbocycles. The van der Waals surface area contributed by atoms with Crippen LogP contribution in [0.2, 0.25) is 0 Å². The zero-order chi connectivity index (χ0) is 25.8. The first-order valence-corrected chi connectivity index (χ1v) is 14.3. The molecule has 1 N–H and O–H groups in total. The van der Waals surface area contributed by atoms with Gasteiger partial charge in [-0.05, 0) is 55.3 Å². The fraction of sp³-hybridized carbons (Fsp3) is 0.310. The highest BCUT2D eigenvalue weighted by molar-refractivity contribution is 7.89. The van der Waals surface area contributed by atoms with E-state index in [1.807, 2.05) is 66.7 Å². The number of para-hydroxylation sites is 2. The average molecular weight is 516 g/mol. The number of piperazine rings is 1. The molecule has 0 radical (unpaired) electrons. The summed E-state index contributed by atoms with van der Waals surface area (Å²) in [5.74, 6) is 1.49. The first-order valence-electron chi connectivity index (χ1n) is 12.9. The second kappa shape index (κ2) is 11.0. The van der Waals surface area contributed by atoms with Crippen LogP contribution in [0.3, 0.4) is 0 Å². The van der Waals surface area contributed by atoms with E-state index < -0.39 is 10.0 Å². The van der Waals surface area contributed by atoms with Crippen LogP contribution >= 0.6 is 0 Å². The molecule has 1 atom stereocenters. The molecule has 1 aliphatic rings. The molecular formula is C29H33N5O2S. The normalized spacial score (nSPS) is 16.1. The van der Waals surface area contributed by atoms with Crippen molar-refractivity contribution >= 4 is 32.4 Å². The number of hydrogen-bond donors (Lipinski definition) is 1. The first kappa shape index (κ1) is 25.3. The molecule has 4 aromatic rings. The Kier molecular flexibility index (Phi) is 7.50. The summed E-state index contributed by atoms with van der Waals surface area (Å²) in [6.45, 7) is 6.32. The molecule has 0 aliphatic carbocycles. The zero-order valence-electron chi connectivity index (χ0n) is 21.3. The maximum absolute atomic E-state index is 13.2. The van der Waals surface area contributed by atoms with Crippen molar-refractivity contribution in [3.05, 3.63) is 90.3 Å². The number of benzene rings is 3. The summed E-state index contributed by atoms with van der Waals surface area (Å²) in [5.41, 5.74) is 3.01. The number of aryl methyl sites for hydroxylation is 1. The standard InChI is InChI=1S/C29H33N5O2S/c1-3-9-23-14-16-25(17-15-23)37(35,36)34-20-18-33(19-21-34)22(2)28-31-27-13-8-7-12-26(27)29(32-28)30-24-10-5-4-6-11-24/h4-8,10-17,22H,3,9,18-21H2,1-2H3,(H,30,31,32)/t22-/m0/s1. The Morgan fingerprint density at radius 1 is 0.865 bits per heavy atom. The van der Waals surface area contributed by atoms with E-state index in [-0.39, 0.29) is 6.04 Å². The summed E-state index contributed by atoms with van der Waals surface area (Å²) < 4.78 is 28.1. The highest BCUT2D eigenvalue weighted by Gasteiger charge is 2.31.